The molecule has 1 heterocycles. The number of carbonyl (C=O) groups excluding carboxylic acids is 1. The summed E-state index contributed by atoms with van der Waals surface area (Å²) in [6, 6.07) is 3.77. The van der Waals surface area contributed by atoms with Crippen LogP contribution in [0.15, 0.2) is 12.1 Å². The van der Waals surface area contributed by atoms with E-state index >= 15 is 0 Å². The fraction of sp³-hybridized carbons (Fsp3) is 0.562. The fourth-order valence-corrected chi connectivity index (χ4v) is 2.82. The summed E-state index contributed by atoms with van der Waals surface area (Å²) in [5.74, 6) is 0.0529. The van der Waals surface area contributed by atoms with Gasteiger partial charge in [-0.15, -0.1) is 0 Å². The lowest BCUT2D eigenvalue weighted by atomic mass is 9.93. The summed E-state index contributed by atoms with van der Waals surface area (Å²) < 4.78 is 5.55. The lowest BCUT2D eigenvalue weighted by molar-refractivity contribution is -0.0440. The zero-order valence-electron chi connectivity index (χ0n) is 12.8. The van der Waals surface area contributed by atoms with E-state index in [0.717, 1.165) is 30.5 Å². The maximum atomic E-state index is 12.7. The van der Waals surface area contributed by atoms with Crippen LogP contribution in [0.5, 0.6) is 0 Å². The third-order valence-corrected chi connectivity index (χ3v) is 4.28. The predicted molar refractivity (Wildman–Crippen MR) is 80.9 cm³/mol. The molecular formula is C16H24N2O2. The number of methoxy groups -OCH3 is 1. The Kier molecular flexibility index (Phi) is 4.04. The van der Waals surface area contributed by atoms with Crippen LogP contribution in [0.1, 0.15) is 41.3 Å². The van der Waals surface area contributed by atoms with Gasteiger partial charge < -0.3 is 15.4 Å². The van der Waals surface area contributed by atoms with E-state index in [0.29, 0.717) is 17.8 Å². The van der Waals surface area contributed by atoms with Crippen LogP contribution < -0.4 is 5.73 Å². The summed E-state index contributed by atoms with van der Waals surface area (Å²) in [6.07, 6.45) is 1.96. The first kappa shape index (κ1) is 14.9. The van der Waals surface area contributed by atoms with Gasteiger partial charge in [0.15, 0.2) is 0 Å². The Labute approximate surface area is 120 Å². The van der Waals surface area contributed by atoms with Crippen molar-refractivity contribution in [2.75, 3.05) is 25.9 Å². The second-order valence-electron chi connectivity index (χ2n) is 6.01. The summed E-state index contributed by atoms with van der Waals surface area (Å²) in [6.45, 7) is 7.39. The van der Waals surface area contributed by atoms with Crippen LogP contribution in [0.25, 0.3) is 0 Å². The van der Waals surface area contributed by atoms with Gasteiger partial charge in [-0.25, -0.2) is 0 Å². The van der Waals surface area contributed by atoms with Gasteiger partial charge in [-0.05, 0) is 50.8 Å². The van der Waals surface area contributed by atoms with Crippen molar-refractivity contribution in [2.24, 2.45) is 0 Å². The molecule has 1 aliphatic heterocycles. The molecule has 1 saturated heterocycles. The Balaban J connectivity index is 2.25. The van der Waals surface area contributed by atoms with Crippen molar-refractivity contribution < 1.29 is 9.53 Å². The number of carbonyl (C=O) groups is 1. The molecule has 0 bridgehead atoms. The van der Waals surface area contributed by atoms with E-state index < -0.39 is 0 Å². The topological polar surface area (TPSA) is 55.6 Å². The van der Waals surface area contributed by atoms with Crippen molar-refractivity contribution in [1.82, 2.24) is 4.90 Å². The largest absolute Gasteiger partial charge is 0.398 e. The minimum atomic E-state index is -0.238. The molecule has 0 radical (unpaired) electrons. The highest BCUT2D eigenvalue weighted by Gasteiger charge is 2.33. The standard InChI is InChI=1S/C16H24N2O2/c1-11-8-12(2)14(17)9-13(11)15(19)18-7-5-6-16(3,10-18)20-4/h8-9H,5-7,10,17H2,1-4H3. The van der Waals surface area contributed by atoms with E-state index in [1.807, 2.05) is 24.8 Å². The number of hydrogen-bond acceptors (Lipinski definition) is 3. The van der Waals surface area contributed by atoms with Gasteiger partial charge in [0.1, 0.15) is 0 Å². The molecule has 4 heteroatoms. The summed E-state index contributed by atoms with van der Waals surface area (Å²) in [7, 11) is 1.71. The minimum Gasteiger partial charge on any atom is -0.398 e. The number of ether oxygens (including phenoxy) is 1. The molecule has 0 spiro atoms. The average Bonchev–Trinajstić information content (AvgIpc) is 2.42. The molecule has 1 aromatic carbocycles. The minimum absolute atomic E-state index is 0.0529. The highest BCUT2D eigenvalue weighted by Crippen LogP contribution is 2.26. The number of aryl methyl sites for hydroxylation is 2. The number of nitrogens with two attached hydrogens (primary N) is 1. The molecule has 2 N–H and O–H groups in total. The molecule has 2 rings (SSSR count). The van der Waals surface area contributed by atoms with Crippen LogP contribution in [0.4, 0.5) is 5.69 Å². The molecule has 1 aliphatic rings. The normalized spacial score (nSPS) is 22.9. The molecule has 1 amide bonds. The number of amides is 1. The number of piperidine rings is 1. The number of nitrogen functional groups attached to an aromatic ring is 1. The van der Waals surface area contributed by atoms with Crippen LogP contribution in [0.3, 0.4) is 0 Å². The molecular weight excluding hydrogens is 252 g/mol. The van der Waals surface area contributed by atoms with E-state index in [1.54, 1.807) is 13.2 Å². The third kappa shape index (κ3) is 2.80. The van der Waals surface area contributed by atoms with E-state index in [4.69, 9.17) is 10.5 Å². The number of nitrogens with zero attached hydrogens (tertiary/aromatic N) is 1. The van der Waals surface area contributed by atoms with Gasteiger partial charge >= 0.3 is 0 Å². The first-order valence-electron chi connectivity index (χ1n) is 7.07. The average molecular weight is 276 g/mol. The van der Waals surface area contributed by atoms with Gasteiger partial charge in [0.05, 0.1) is 5.60 Å². The highest BCUT2D eigenvalue weighted by molar-refractivity contribution is 5.96. The van der Waals surface area contributed by atoms with Gasteiger partial charge in [0.2, 0.25) is 0 Å². The SMILES string of the molecule is COC1(C)CCCN(C(=O)c2cc(N)c(C)cc2C)C1. The van der Waals surface area contributed by atoms with Crippen molar-refractivity contribution in [1.29, 1.82) is 0 Å². The van der Waals surface area contributed by atoms with Crippen molar-refractivity contribution in [3.05, 3.63) is 28.8 Å². The number of likely N-dealkylation sites (tertiary alicyclic amines) is 1. The molecule has 0 aliphatic carbocycles. The number of anilines is 1. The maximum absolute atomic E-state index is 12.7. The first-order chi connectivity index (χ1) is 9.36. The summed E-state index contributed by atoms with van der Waals surface area (Å²) in [5, 5.41) is 0. The second kappa shape index (κ2) is 5.44. The summed E-state index contributed by atoms with van der Waals surface area (Å²) in [5.41, 5.74) is 9.07. The third-order valence-electron chi connectivity index (χ3n) is 4.28. The number of benzene rings is 1. The van der Waals surface area contributed by atoms with Crippen molar-refractivity contribution in [2.45, 2.75) is 39.2 Å². The molecule has 1 aromatic rings. The zero-order chi connectivity index (χ0) is 14.9. The van der Waals surface area contributed by atoms with Gasteiger partial charge in [-0.3, -0.25) is 4.79 Å². The smallest absolute Gasteiger partial charge is 0.254 e. The van der Waals surface area contributed by atoms with Crippen LogP contribution in [0, 0.1) is 13.8 Å². The van der Waals surface area contributed by atoms with Gasteiger partial charge in [-0.2, -0.15) is 0 Å². The van der Waals surface area contributed by atoms with Gasteiger partial charge in [0.25, 0.3) is 5.91 Å². The molecule has 20 heavy (non-hydrogen) atoms. The number of rotatable bonds is 2. The fourth-order valence-electron chi connectivity index (χ4n) is 2.82. The van der Waals surface area contributed by atoms with E-state index in [9.17, 15) is 4.79 Å². The quantitative estimate of drug-likeness (QED) is 0.844. The monoisotopic (exact) mass is 276 g/mol. The highest BCUT2D eigenvalue weighted by atomic mass is 16.5. The van der Waals surface area contributed by atoms with E-state index in [2.05, 4.69) is 6.92 Å². The molecule has 4 nitrogen and oxygen atoms in total. The van der Waals surface area contributed by atoms with Crippen molar-refractivity contribution in [3.63, 3.8) is 0 Å². The Bertz CT molecular complexity index is 527. The van der Waals surface area contributed by atoms with E-state index in [-0.39, 0.29) is 11.5 Å². The van der Waals surface area contributed by atoms with Crippen LogP contribution >= 0.6 is 0 Å². The molecule has 110 valence electrons. The van der Waals surface area contributed by atoms with Crippen LogP contribution in [-0.4, -0.2) is 36.6 Å². The molecule has 0 aromatic heterocycles. The Morgan fingerprint density at radius 3 is 2.70 bits per heavy atom. The Morgan fingerprint density at radius 1 is 1.35 bits per heavy atom. The van der Waals surface area contributed by atoms with Crippen molar-refractivity contribution in [3.8, 4) is 0 Å². The lowest BCUT2D eigenvalue weighted by Crippen LogP contribution is -2.49. The number of hydrogen-bond donors (Lipinski definition) is 1. The van der Waals surface area contributed by atoms with E-state index in [1.165, 1.54) is 0 Å². The summed E-state index contributed by atoms with van der Waals surface area (Å²) >= 11 is 0. The Morgan fingerprint density at radius 2 is 2.05 bits per heavy atom. The van der Waals surface area contributed by atoms with Gasteiger partial charge in [0, 0.05) is 31.5 Å². The van der Waals surface area contributed by atoms with Crippen molar-refractivity contribution >= 4 is 11.6 Å². The second-order valence-corrected chi connectivity index (χ2v) is 6.01. The maximum Gasteiger partial charge on any atom is 0.254 e. The van der Waals surface area contributed by atoms with Crippen LogP contribution in [-0.2, 0) is 4.74 Å². The first-order valence-corrected chi connectivity index (χ1v) is 7.07. The molecule has 1 atom stereocenters. The Hall–Kier alpha value is -1.55. The zero-order valence-corrected chi connectivity index (χ0v) is 12.8. The molecule has 0 saturated carbocycles. The lowest BCUT2D eigenvalue weighted by Gasteiger charge is -2.39. The van der Waals surface area contributed by atoms with Crippen LogP contribution in [0.2, 0.25) is 0 Å². The molecule has 1 fully saturated rings. The predicted octanol–water partition coefficient (Wildman–Crippen LogP) is 2.53. The van der Waals surface area contributed by atoms with Gasteiger partial charge in [-0.1, -0.05) is 6.07 Å². The summed E-state index contributed by atoms with van der Waals surface area (Å²) in [4.78, 5) is 14.6. The molecule has 1 unspecified atom stereocenters.